The zero-order chi connectivity index (χ0) is 14.2. The van der Waals surface area contributed by atoms with Crippen LogP contribution in [0.2, 0.25) is 0 Å². The predicted octanol–water partition coefficient (Wildman–Crippen LogP) is 3.74. The minimum absolute atomic E-state index is 0.0952. The number of alkyl halides is 3. The number of aliphatic carboxylic acids is 1. The number of anilines is 1. The molecular formula is C12H11BrF3NO2. The average Bonchev–Trinajstić information content (AvgIpc) is 3.09. The van der Waals surface area contributed by atoms with Crippen LogP contribution in [0.1, 0.15) is 18.4 Å². The van der Waals surface area contributed by atoms with E-state index in [0.717, 1.165) is 18.9 Å². The van der Waals surface area contributed by atoms with E-state index < -0.39 is 23.8 Å². The molecule has 0 spiro atoms. The van der Waals surface area contributed by atoms with E-state index >= 15 is 0 Å². The van der Waals surface area contributed by atoms with Gasteiger partial charge in [-0.15, -0.1) is 0 Å². The van der Waals surface area contributed by atoms with E-state index in [1.807, 2.05) is 0 Å². The third-order valence-electron chi connectivity index (χ3n) is 2.96. The van der Waals surface area contributed by atoms with Crippen LogP contribution < -0.4 is 5.32 Å². The fourth-order valence-corrected chi connectivity index (χ4v) is 2.22. The van der Waals surface area contributed by atoms with Crippen molar-refractivity contribution in [3.05, 3.63) is 28.2 Å². The van der Waals surface area contributed by atoms with Crippen LogP contribution in [0.3, 0.4) is 0 Å². The number of halogens is 4. The lowest BCUT2D eigenvalue weighted by Crippen LogP contribution is -2.32. The van der Waals surface area contributed by atoms with Crippen molar-refractivity contribution < 1.29 is 23.1 Å². The molecule has 0 amide bonds. The van der Waals surface area contributed by atoms with Crippen LogP contribution in [-0.4, -0.2) is 17.1 Å². The first kappa shape index (κ1) is 14.2. The van der Waals surface area contributed by atoms with E-state index in [4.69, 9.17) is 5.11 Å². The number of carboxylic acids is 1. The first-order valence-corrected chi connectivity index (χ1v) is 6.44. The topological polar surface area (TPSA) is 49.3 Å². The number of carbonyl (C=O) groups is 1. The number of rotatable bonds is 4. The Morgan fingerprint density at radius 1 is 1.42 bits per heavy atom. The van der Waals surface area contributed by atoms with Crippen LogP contribution in [0.4, 0.5) is 18.9 Å². The van der Waals surface area contributed by atoms with Gasteiger partial charge in [0.1, 0.15) is 6.04 Å². The Morgan fingerprint density at radius 2 is 2.05 bits per heavy atom. The molecule has 104 valence electrons. The van der Waals surface area contributed by atoms with Gasteiger partial charge < -0.3 is 10.4 Å². The Bertz CT molecular complexity index is 500. The van der Waals surface area contributed by atoms with Gasteiger partial charge in [-0.05, 0) is 37.0 Å². The lowest BCUT2D eigenvalue weighted by molar-refractivity contribution is -0.139. The second-order valence-corrected chi connectivity index (χ2v) is 5.40. The molecular weight excluding hydrogens is 327 g/mol. The summed E-state index contributed by atoms with van der Waals surface area (Å²) in [5.41, 5.74) is -1.07. The molecule has 0 aromatic heterocycles. The van der Waals surface area contributed by atoms with Crippen molar-refractivity contribution >= 4 is 27.6 Å². The first-order valence-electron chi connectivity index (χ1n) is 5.65. The van der Waals surface area contributed by atoms with Crippen molar-refractivity contribution in [2.45, 2.75) is 25.1 Å². The summed E-state index contributed by atoms with van der Waals surface area (Å²) in [5, 5.41) is 11.5. The van der Waals surface area contributed by atoms with Crippen LogP contribution in [-0.2, 0) is 11.0 Å². The summed E-state index contributed by atoms with van der Waals surface area (Å²) in [4.78, 5) is 11.1. The molecule has 1 saturated carbocycles. The molecule has 1 aliphatic carbocycles. The molecule has 7 heteroatoms. The highest BCUT2D eigenvalue weighted by Crippen LogP contribution is 2.39. The fraction of sp³-hybridized carbons (Fsp3) is 0.417. The Morgan fingerprint density at radius 3 is 2.53 bits per heavy atom. The molecule has 2 N–H and O–H groups in total. The summed E-state index contributed by atoms with van der Waals surface area (Å²) in [6.07, 6.45) is -3.08. The van der Waals surface area contributed by atoms with Crippen molar-refractivity contribution in [3.63, 3.8) is 0 Å². The largest absolute Gasteiger partial charge is 0.480 e. The molecule has 0 heterocycles. The monoisotopic (exact) mass is 337 g/mol. The van der Waals surface area contributed by atoms with E-state index in [1.165, 1.54) is 12.1 Å². The fourth-order valence-electron chi connectivity index (χ4n) is 1.86. The van der Waals surface area contributed by atoms with Crippen LogP contribution in [0.15, 0.2) is 22.7 Å². The molecule has 19 heavy (non-hydrogen) atoms. The summed E-state index contributed by atoms with van der Waals surface area (Å²) in [6.45, 7) is 0. The summed E-state index contributed by atoms with van der Waals surface area (Å²) in [7, 11) is 0. The van der Waals surface area contributed by atoms with Gasteiger partial charge in [-0.25, -0.2) is 4.79 Å². The summed E-state index contributed by atoms with van der Waals surface area (Å²) < 4.78 is 39.0. The Hall–Kier alpha value is -1.24. The second kappa shape index (κ2) is 5.03. The summed E-state index contributed by atoms with van der Waals surface area (Å²) >= 11 is 2.98. The van der Waals surface area contributed by atoms with E-state index in [0.29, 0.717) is 4.47 Å². The van der Waals surface area contributed by atoms with Gasteiger partial charge in [0, 0.05) is 10.2 Å². The van der Waals surface area contributed by atoms with E-state index in [9.17, 15) is 18.0 Å². The molecule has 3 nitrogen and oxygen atoms in total. The third kappa shape index (κ3) is 3.40. The average molecular weight is 338 g/mol. The lowest BCUT2D eigenvalue weighted by Gasteiger charge is -2.19. The molecule has 0 saturated heterocycles. The van der Waals surface area contributed by atoms with Gasteiger partial charge in [-0.1, -0.05) is 15.9 Å². The number of hydrogen-bond donors (Lipinski definition) is 2. The molecule has 0 bridgehead atoms. The molecule has 0 aliphatic heterocycles. The Kier molecular flexibility index (Phi) is 3.75. The second-order valence-electron chi connectivity index (χ2n) is 4.49. The quantitative estimate of drug-likeness (QED) is 0.879. The summed E-state index contributed by atoms with van der Waals surface area (Å²) in [5.74, 6) is -1.22. The molecule has 2 rings (SSSR count). The van der Waals surface area contributed by atoms with Gasteiger partial charge in [0.2, 0.25) is 0 Å². The molecule has 1 aromatic carbocycles. The van der Waals surface area contributed by atoms with E-state index in [1.54, 1.807) is 0 Å². The molecule has 0 radical (unpaired) electrons. The van der Waals surface area contributed by atoms with Crippen molar-refractivity contribution in [1.29, 1.82) is 0 Å². The maximum atomic E-state index is 12.9. The lowest BCUT2D eigenvalue weighted by atomic mass is 10.1. The van der Waals surface area contributed by atoms with Gasteiger partial charge in [0.25, 0.3) is 0 Å². The van der Waals surface area contributed by atoms with Crippen molar-refractivity contribution in [2.75, 3.05) is 5.32 Å². The molecule has 1 unspecified atom stereocenters. The number of benzene rings is 1. The van der Waals surface area contributed by atoms with Crippen LogP contribution >= 0.6 is 15.9 Å². The van der Waals surface area contributed by atoms with Crippen molar-refractivity contribution in [3.8, 4) is 0 Å². The number of hydrogen-bond acceptors (Lipinski definition) is 2. The molecule has 1 atom stereocenters. The highest BCUT2D eigenvalue weighted by Gasteiger charge is 2.39. The smallest absolute Gasteiger partial charge is 0.418 e. The zero-order valence-electron chi connectivity index (χ0n) is 9.67. The van der Waals surface area contributed by atoms with Gasteiger partial charge in [-0.2, -0.15) is 13.2 Å². The van der Waals surface area contributed by atoms with Crippen LogP contribution in [0.25, 0.3) is 0 Å². The van der Waals surface area contributed by atoms with Gasteiger partial charge >= 0.3 is 12.1 Å². The normalized spacial score (nSPS) is 17.1. The van der Waals surface area contributed by atoms with Gasteiger partial charge in [-0.3, -0.25) is 0 Å². The standard InChI is InChI=1S/C12H11BrF3NO2/c13-7-3-4-9(8(5-7)12(14,15)16)17-10(11(18)19)6-1-2-6/h3-6,10,17H,1-2H2,(H,18,19). The SMILES string of the molecule is O=C(O)C(Nc1ccc(Br)cc1C(F)(F)F)C1CC1. The molecule has 1 aromatic rings. The van der Waals surface area contributed by atoms with Gasteiger partial charge in [0.05, 0.1) is 5.56 Å². The molecule has 1 aliphatic rings. The minimum Gasteiger partial charge on any atom is -0.480 e. The van der Waals surface area contributed by atoms with E-state index in [-0.39, 0.29) is 11.6 Å². The van der Waals surface area contributed by atoms with Gasteiger partial charge in [0.15, 0.2) is 0 Å². The Balaban J connectivity index is 2.31. The van der Waals surface area contributed by atoms with E-state index in [2.05, 4.69) is 21.2 Å². The van der Waals surface area contributed by atoms with Crippen molar-refractivity contribution in [1.82, 2.24) is 0 Å². The number of carboxylic acid groups (broad SMARTS) is 1. The van der Waals surface area contributed by atoms with Crippen LogP contribution in [0.5, 0.6) is 0 Å². The third-order valence-corrected chi connectivity index (χ3v) is 3.45. The maximum Gasteiger partial charge on any atom is 0.418 e. The highest BCUT2D eigenvalue weighted by atomic mass is 79.9. The first-order chi connectivity index (χ1) is 8.79. The van der Waals surface area contributed by atoms with Crippen LogP contribution in [0, 0.1) is 5.92 Å². The maximum absolute atomic E-state index is 12.9. The summed E-state index contributed by atoms with van der Waals surface area (Å²) in [6, 6.07) is 2.66. The highest BCUT2D eigenvalue weighted by molar-refractivity contribution is 9.10. The minimum atomic E-state index is -4.53. The number of nitrogens with one attached hydrogen (secondary N) is 1. The van der Waals surface area contributed by atoms with Crippen molar-refractivity contribution in [2.24, 2.45) is 5.92 Å². The zero-order valence-corrected chi connectivity index (χ0v) is 11.3. The molecule has 1 fully saturated rings. The Labute approximate surface area is 115 Å². The predicted molar refractivity (Wildman–Crippen MR) is 66.9 cm³/mol.